The molecule has 0 amide bonds. The van der Waals surface area contributed by atoms with Crippen LogP contribution in [-0.4, -0.2) is 22.1 Å². The van der Waals surface area contributed by atoms with Crippen molar-refractivity contribution < 1.29 is 5.11 Å². The summed E-state index contributed by atoms with van der Waals surface area (Å²) < 4.78 is 0. The third-order valence-electron chi connectivity index (χ3n) is 2.23. The normalized spacial score (nSPS) is 10.2. The molecule has 78 valence electrons. The zero-order valence-corrected chi connectivity index (χ0v) is 8.51. The maximum Gasteiger partial charge on any atom is 0.117 e. The molecule has 2 rings (SSSR count). The van der Waals surface area contributed by atoms with Gasteiger partial charge >= 0.3 is 0 Å². The number of nitrogens with one attached hydrogen (secondary N) is 1. The van der Waals surface area contributed by atoms with E-state index >= 15 is 0 Å². The van der Waals surface area contributed by atoms with E-state index in [9.17, 15) is 5.11 Å². The third-order valence-corrected chi connectivity index (χ3v) is 2.23. The first-order valence-corrected chi connectivity index (χ1v) is 4.73. The molecule has 0 spiro atoms. The van der Waals surface area contributed by atoms with Crippen molar-refractivity contribution in [1.29, 1.82) is 0 Å². The fourth-order valence-electron chi connectivity index (χ4n) is 1.45. The Kier molecular flexibility index (Phi) is 2.58. The molecule has 0 saturated carbocycles. The van der Waals surface area contributed by atoms with E-state index in [1.165, 1.54) is 0 Å². The molecule has 0 aliphatic carbocycles. The Hall–Kier alpha value is -1.97. The molecule has 1 heterocycles. The summed E-state index contributed by atoms with van der Waals surface area (Å²) in [4.78, 5) is 9.03. The summed E-state index contributed by atoms with van der Waals surface area (Å²) in [6, 6.07) is 7.17. The lowest BCUT2D eigenvalue weighted by atomic mass is 10.2. The lowest BCUT2D eigenvalue weighted by Gasteiger charge is -2.18. The van der Waals surface area contributed by atoms with Crippen molar-refractivity contribution in [2.75, 3.05) is 11.9 Å². The lowest BCUT2D eigenvalue weighted by Crippen LogP contribution is -2.16. The Morgan fingerprint density at radius 1 is 1.47 bits per heavy atom. The number of phenols is 1. The monoisotopic (exact) mass is 203 g/mol. The number of aromatic amines is 1. The maximum atomic E-state index is 9.34. The van der Waals surface area contributed by atoms with Gasteiger partial charge in [-0.3, -0.25) is 0 Å². The highest BCUT2D eigenvalue weighted by molar-refractivity contribution is 5.49. The van der Waals surface area contributed by atoms with Crippen LogP contribution < -0.4 is 4.90 Å². The van der Waals surface area contributed by atoms with Crippen LogP contribution in [0.4, 0.5) is 5.69 Å². The minimum absolute atomic E-state index is 0.281. The highest BCUT2D eigenvalue weighted by Gasteiger charge is 2.03. The van der Waals surface area contributed by atoms with E-state index in [1.807, 2.05) is 24.1 Å². The van der Waals surface area contributed by atoms with Crippen molar-refractivity contribution in [2.45, 2.75) is 6.54 Å². The highest BCUT2D eigenvalue weighted by Crippen LogP contribution is 2.19. The average Bonchev–Trinajstić information content (AvgIpc) is 2.70. The van der Waals surface area contributed by atoms with Gasteiger partial charge in [0.2, 0.25) is 0 Å². The standard InChI is InChI=1S/C11H13N3O/c1-14(7-9-6-12-8-13-9)10-3-2-4-11(15)5-10/h2-6,8,15H,7H2,1H3,(H,12,13). The predicted octanol–water partition coefficient (Wildman–Crippen LogP) is 1.75. The van der Waals surface area contributed by atoms with E-state index < -0.39 is 0 Å². The SMILES string of the molecule is CN(Cc1cnc[nH]1)c1cccc(O)c1. The van der Waals surface area contributed by atoms with Gasteiger partial charge in [0, 0.05) is 25.0 Å². The first-order valence-electron chi connectivity index (χ1n) is 4.73. The number of aromatic hydroxyl groups is 1. The van der Waals surface area contributed by atoms with Crippen LogP contribution >= 0.6 is 0 Å². The molecule has 0 aliphatic rings. The molecule has 0 atom stereocenters. The summed E-state index contributed by atoms with van der Waals surface area (Å²) in [5.41, 5.74) is 2.02. The van der Waals surface area contributed by atoms with E-state index in [1.54, 1.807) is 24.7 Å². The molecule has 2 aromatic rings. The minimum Gasteiger partial charge on any atom is -0.508 e. The Balaban J connectivity index is 2.11. The number of benzene rings is 1. The van der Waals surface area contributed by atoms with Crippen LogP contribution in [-0.2, 0) is 6.54 Å². The van der Waals surface area contributed by atoms with Gasteiger partial charge in [-0.2, -0.15) is 0 Å². The molecule has 0 bridgehead atoms. The Morgan fingerprint density at radius 2 is 2.33 bits per heavy atom. The number of nitrogens with zero attached hydrogens (tertiary/aromatic N) is 2. The number of H-pyrrole nitrogens is 1. The second-order valence-electron chi connectivity index (χ2n) is 3.45. The van der Waals surface area contributed by atoms with E-state index in [0.717, 1.165) is 17.9 Å². The number of anilines is 1. The van der Waals surface area contributed by atoms with Crippen LogP contribution in [0.1, 0.15) is 5.69 Å². The molecule has 2 N–H and O–H groups in total. The van der Waals surface area contributed by atoms with Gasteiger partial charge < -0.3 is 15.0 Å². The van der Waals surface area contributed by atoms with Crippen LogP contribution in [0.15, 0.2) is 36.8 Å². The van der Waals surface area contributed by atoms with Crippen LogP contribution in [0.3, 0.4) is 0 Å². The number of hydrogen-bond acceptors (Lipinski definition) is 3. The second-order valence-corrected chi connectivity index (χ2v) is 3.45. The number of aromatic nitrogens is 2. The summed E-state index contributed by atoms with van der Waals surface area (Å²) in [7, 11) is 1.97. The molecular weight excluding hydrogens is 190 g/mol. The smallest absolute Gasteiger partial charge is 0.117 e. The largest absolute Gasteiger partial charge is 0.508 e. The number of rotatable bonds is 3. The van der Waals surface area contributed by atoms with Crippen molar-refractivity contribution in [3.63, 3.8) is 0 Å². The van der Waals surface area contributed by atoms with Crippen molar-refractivity contribution >= 4 is 5.69 Å². The van der Waals surface area contributed by atoms with Crippen molar-refractivity contribution in [3.05, 3.63) is 42.5 Å². The van der Waals surface area contributed by atoms with Gasteiger partial charge in [-0.05, 0) is 12.1 Å². The second kappa shape index (κ2) is 4.04. The number of phenolic OH excluding ortho intramolecular Hbond substituents is 1. The number of hydrogen-bond donors (Lipinski definition) is 2. The van der Waals surface area contributed by atoms with E-state index in [-0.39, 0.29) is 5.75 Å². The van der Waals surface area contributed by atoms with Gasteiger partial charge in [-0.25, -0.2) is 4.98 Å². The molecule has 0 fully saturated rings. The van der Waals surface area contributed by atoms with E-state index in [0.29, 0.717) is 0 Å². The first-order chi connectivity index (χ1) is 7.25. The quantitative estimate of drug-likeness (QED) is 0.799. The summed E-state index contributed by atoms with van der Waals surface area (Å²) in [6.45, 7) is 0.740. The molecule has 0 aliphatic heterocycles. The van der Waals surface area contributed by atoms with Gasteiger partial charge in [0.05, 0.1) is 18.6 Å². The minimum atomic E-state index is 0.281. The fraction of sp³-hybridized carbons (Fsp3) is 0.182. The average molecular weight is 203 g/mol. The zero-order chi connectivity index (χ0) is 10.7. The van der Waals surface area contributed by atoms with Crippen LogP contribution in [0.25, 0.3) is 0 Å². The molecule has 0 radical (unpaired) electrons. The van der Waals surface area contributed by atoms with E-state index in [4.69, 9.17) is 0 Å². The summed E-state index contributed by atoms with van der Waals surface area (Å²) >= 11 is 0. The van der Waals surface area contributed by atoms with Gasteiger partial charge in [-0.1, -0.05) is 6.07 Å². The van der Waals surface area contributed by atoms with Crippen LogP contribution in [0, 0.1) is 0 Å². The van der Waals surface area contributed by atoms with Gasteiger partial charge in [0.1, 0.15) is 5.75 Å². The van der Waals surface area contributed by atoms with Crippen LogP contribution in [0.5, 0.6) is 5.75 Å². The van der Waals surface area contributed by atoms with Gasteiger partial charge in [0.15, 0.2) is 0 Å². The lowest BCUT2D eigenvalue weighted by molar-refractivity contribution is 0.475. The van der Waals surface area contributed by atoms with E-state index in [2.05, 4.69) is 9.97 Å². The third kappa shape index (κ3) is 2.28. The molecule has 4 heteroatoms. The first kappa shape index (κ1) is 9.58. The molecule has 0 saturated heterocycles. The van der Waals surface area contributed by atoms with Crippen LogP contribution in [0.2, 0.25) is 0 Å². The summed E-state index contributed by atoms with van der Waals surface area (Å²) in [5.74, 6) is 0.281. The maximum absolute atomic E-state index is 9.34. The predicted molar refractivity (Wildman–Crippen MR) is 58.8 cm³/mol. The molecule has 4 nitrogen and oxygen atoms in total. The Labute approximate surface area is 88.2 Å². The summed E-state index contributed by atoms with van der Waals surface area (Å²) in [6.07, 6.45) is 3.45. The molecule has 15 heavy (non-hydrogen) atoms. The molecule has 1 aromatic carbocycles. The molecule has 1 aromatic heterocycles. The Morgan fingerprint density at radius 3 is 3.00 bits per heavy atom. The molecular formula is C11H13N3O. The fourth-order valence-corrected chi connectivity index (χ4v) is 1.45. The van der Waals surface area contributed by atoms with Gasteiger partial charge in [-0.15, -0.1) is 0 Å². The number of imidazole rings is 1. The Bertz CT molecular complexity index is 425. The highest BCUT2D eigenvalue weighted by atomic mass is 16.3. The van der Waals surface area contributed by atoms with Crippen molar-refractivity contribution in [1.82, 2.24) is 9.97 Å². The molecule has 0 unspecified atom stereocenters. The van der Waals surface area contributed by atoms with Gasteiger partial charge in [0.25, 0.3) is 0 Å². The topological polar surface area (TPSA) is 52.2 Å². The van der Waals surface area contributed by atoms with Crippen molar-refractivity contribution in [2.24, 2.45) is 0 Å². The summed E-state index contributed by atoms with van der Waals surface area (Å²) in [5, 5.41) is 9.34. The zero-order valence-electron chi connectivity index (χ0n) is 8.51. The van der Waals surface area contributed by atoms with Crippen molar-refractivity contribution in [3.8, 4) is 5.75 Å².